The number of halogens is 1. The molecule has 1 aliphatic heterocycles. The number of nitrogens with one attached hydrogen (secondary N) is 2. The standard InChI is InChI=1S/C15H22N2O3.ClH/c1-10-8-13(19-2)14(20-3)9-12(10)17-15(18)11-6-4-5-7-16-11;/h8-9,11,16H,4-7H2,1-3H3,(H,17,18);1H/t11-;/m0./s1. The van der Waals surface area contributed by atoms with Crippen molar-refractivity contribution in [2.24, 2.45) is 0 Å². The van der Waals surface area contributed by atoms with Crippen LogP contribution in [0.15, 0.2) is 12.1 Å². The normalized spacial score (nSPS) is 17.6. The maximum atomic E-state index is 12.2. The van der Waals surface area contributed by atoms with E-state index in [9.17, 15) is 4.79 Å². The molecular weight excluding hydrogens is 292 g/mol. The highest BCUT2D eigenvalue weighted by molar-refractivity contribution is 5.95. The summed E-state index contributed by atoms with van der Waals surface area (Å²) in [5.74, 6) is 1.30. The number of aryl methyl sites for hydroxylation is 1. The minimum Gasteiger partial charge on any atom is -0.493 e. The van der Waals surface area contributed by atoms with Gasteiger partial charge < -0.3 is 20.1 Å². The number of piperidine rings is 1. The van der Waals surface area contributed by atoms with E-state index in [0.29, 0.717) is 11.5 Å². The number of rotatable bonds is 4. The van der Waals surface area contributed by atoms with Crippen LogP contribution in [0.1, 0.15) is 24.8 Å². The molecule has 2 N–H and O–H groups in total. The van der Waals surface area contributed by atoms with Gasteiger partial charge in [0.25, 0.3) is 0 Å². The molecule has 1 heterocycles. The van der Waals surface area contributed by atoms with Crippen LogP contribution in [-0.4, -0.2) is 32.7 Å². The van der Waals surface area contributed by atoms with E-state index in [1.165, 1.54) is 0 Å². The Morgan fingerprint density at radius 3 is 2.48 bits per heavy atom. The lowest BCUT2D eigenvalue weighted by Gasteiger charge is -2.23. The number of hydrogen-bond acceptors (Lipinski definition) is 4. The van der Waals surface area contributed by atoms with Crippen molar-refractivity contribution in [2.45, 2.75) is 32.2 Å². The van der Waals surface area contributed by atoms with Crippen LogP contribution >= 0.6 is 12.4 Å². The fraction of sp³-hybridized carbons (Fsp3) is 0.533. The molecule has 1 saturated heterocycles. The monoisotopic (exact) mass is 314 g/mol. The molecule has 1 aromatic rings. The zero-order valence-corrected chi connectivity index (χ0v) is 13.5. The summed E-state index contributed by atoms with van der Waals surface area (Å²) in [6.07, 6.45) is 3.12. The Morgan fingerprint density at radius 2 is 1.90 bits per heavy atom. The largest absolute Gasteiger partial charge is 0.493 e. The molecule has 0 aromatic heterocycles. The summed E-state index contributed by atoms with van der Waals surface area (Å²) in [6, 6.07) is 3.56. The highest BCUT2D eigenvalue weighted by atomic mass is 35.5. The van der Waals surface area contributed by atoms with Gasteiger partial charge in [-0.05, 0) is 37.9 Å². The minimum atomic E-state index is -0.101. The van der Waals surface area contributed by atoms with E-state index >= 15 is 0 Å². The first-order valence-electron chi connectivity index (χ1n) is 6.92. The zero-order chi connectivity index (χ0) is 14.5. The molecule has 6 heteroatoms. The molecule has 0 aliphatic carbocycles. The Hall–Kier alpha value is -1.46. The van der Waals surface area contributed by atoms with Gasteiger partial charge in [0.1, 0.15) is 0 Å². The maximum Gasteiger partial charge on any atom is 0.241 e. The highest BCUT2D eigenvalue weighted by Gasteiger charge is 2.21. The average molecular weight is 315 g/mol. The van der Waals surface area contributed by atoms with E-state index in [0.717, 1.165) is 37.1 Å². The smallest absolute Gasteiger partial charge is 0.241 e. The van der Waals surface area contributed by atoms with Crippen LogP contribution in [-0.2, 0) is 4.79 Å². The highest BCUT2D eigenvalue weighted by Crippen LogP contribution is 2.33. The van der Waals surface area contributed by atoms with Gasteiger partial charge in [-0.15, -0.1) is 12.4 Å². The molecule has 118 valence electrons. The Kier molecular flexibility index (Phi) is 6.78. The van der Waals surface area contributed by atoms with Gasteiger partial charge in [-0.2, -0.15) is 0 Å². The molecule has 0 unspecified atom stereocenters. The molecule has 1 fully saturated rings. The number of hydrogen-bond donors (Lipinski definition) is 2. The van der Waals surface area contributed by atoms with Crippen molar-refractivity contribution in [3.63, 3.8) is 0 Å². The molecule has 1 aliphatic rings. The first-order chi connectivity index (χ1) is 9.65. The second-order valence-corrected chi connectivity index (χ2v) is 5.01. The number of amides is 1. The topological polar surface area (TPSA) is 59.6 Å². The van der Waals surface area contributed by atoms with Gasteiger partial charge in [-0.1, -0.05) is 6.42 Å². The minimum absolute atomic E-state index is 0. The van der Waals surface area contributed by atoms with E-state index < -0.39 is 0 Å². The fourth-order valence-corrected chi connectivity index (χ4v) is 2.41. The van der Waals surface area contributed by atoms with Crippen LogP contribution in [0.5, 0.6) is 11.5 Å². The Morgan fingerprint density at radius 1 is 1.24 bits per heavy atom. The molecule has 1 aromatic carbocycles. The molecular formula is C15H23ClN2O3. The zero-order valence-electron chi connectivity index (χ0n) is 12.7. The van der Waals surface area contributed by atoms with Crippen LogP contribution in [0.25, 0.3) is 0 Å². The third kappa shape index (κ3) is 4.25. The predicted octanol–water partition coefficient (Wildman–Crippen LogP) is 2.51. The number of anilines is 1. The first-order valence-corrected chi connectivity index (χ1v) is 6.92. The predicted molar refractivity (Wildman–Crippen MR) is 85.8 cm³/mol. The van der Waals surface area contributed by atoms with Gasteiger partial charge in [0.15, 0.2) is 11.5 Å². The lowest BCUT2D eigenvalue weighted by molar-refractivity contribution is -0.118. The average Bonchev–Trinajstić information content (AvgIpc) is 2.49. The van der Waals surface area contributed by atoms with Gasteiger partial charge in [-0.25, -0.2) is 0 Å². The van der Waals surface area contributed by atoms with Crippen molar-refractivity contribution in [1.82, 2.24) is 5.32 Å². The van der Waals surface area contributed by atoms with Crippen LogP contribution in [0, 0.1) is 6.92 Å². The summed E-state index contributed by atoms with van der Waals surface area (Å²) in [5, 5.41) is 6.21. The van der Waals surface area contributed by atoms with Crippen molar-refractivity contribution in [3.05, 3.63) is 17.7 Å². The summed E-state index contributed by atoms with van der Waals surface area (Å²) >= 11 is 0. The van der Waals surface area contributed by atoms with E-state index in [1.54, 1.807) is 20.3 Å². The van der Waals surface area contributed by atoms with Gasteiger partial charge in [0.05, 0.1) is 20.3 Å². The van der Waals surface area contributed by atoms with Gasteiger partial charge in [0.2, 0.25) is 5.91 Å². The number of carbonyl (C=O) groups excluding carboxylic acids is 1. The Bertz CT molecular complexity index is 488. The summed E-state index contributed by atoms with van der Waals surface area (Å²) in [6.45, 7) is 2.84. The third-order valence-electron chi connectivity index (χ3n) is 3.62. The maximum absolute atomic E-state index is 12.2. The van der Waals surface area contributed by atoms with E-state index in [2.05, 4.69) is 10.6 Å². The van der Waals surface area contributed by atoms with Gasteiger partial charge in [0, 0.05) is 11.8 Å². The molecule has 5 nitrogen and oxygen atoms in total. The van der Waals surface area contributed by atoms with Crippen molar-refractivity contribution >= 4 is 24.0 Å². The van der Waals surface area contributed by atoms with Gasteiger partial charge in [-0.3, -0.25) is 4.79 Å². The fourth-order valence-electron chi connectivity index (χ4n) is 2.41. The summed E-state index contributed by atoms with van der Waals surface area (Å²) < 4.78 is 10.5. The summed E-state index contributed by atoms with van der Waals surface area (Å²) in [4.78, 5) is 12.2. The summed E-state index contributed by atoms with van der Waals surface area (Å²) in [7, 11) is 3.18. The van der Waals surface area contributed by atoms with Crippen LogP contribution in [0.2, 0.25) is 0 Å². The molecule has 0 bridgehead atoms. The van der Waals surface area contributed by atoms with E-state index in [-0.39, 0.29) is 24.4 Å². The van der Waals surface area contributed by atoms with Crippen molar-refractivity contribution in [3.8, 4) is 11.5 Å². The lowest BCUT2D eigenvalue weighted by Crippen LogP contribution is -2.43. The lowest BCUT2D eigenvalue weighted by atomic mass is 10.0. The van der Waals surface area contributed by atoms with Crippen molar-refractivity contribution < 1.29 is 14.3 Å². The first kappa shape index (κ1) is 17.6. The van der Waals surface area contributed by atoms with Crippen LogP contribution < -0.4 is 20.1 Å². The quantitative estimate of drug-likeness (QED) is 0.896. The molecule has 21 heavy (non-hydrogen) atoms. The molecule has 2 rings (SSSR count). The third-order valence-corrected chi connectivity index (χ3v) is 3.62. The van der Waals surface area contributed by atoms with Gasteiger partial charge >= 0.3 is 0 Å². The van der Waals surface area contributed by atoms with E-state index in [4.69, 9.17) is 9.47 Å². The van der Waals surface area contributed by atoms with Crippen molar-refractivity contribution in [2.75, 3.05) is 26.1 Å². The number of benzene rings is 1. The molecule has 0 saturated carbocycles. The van der Waals surface area contributed by atoms with E-state index in [1.807, 2.05) is 13.0 Å². The number of carbonyl (C=O) groups is 1. The summed E-state index contributed by atoms with van der Waals surface area (Å²) in [5.41, 5.74) is 1.71. The second kappa shape index (κ2) is 8.10. The second-order valence-electron chi connectivity index (χ2n) is 5.01. The van der Waals surface area contributed by atoms with Crippen molar-refractivity contribution in [1.29, 1.82) is 0 Å². The van der Waals surface area contributed by atoms with Crippen LogP contribution in [0.3, 0.4) is 0 Å². The SMILES string of the molecule is COc1cc(C)c(NC(=O)[C@@H]2CCCCN2)cc1OC.Cl. The molecule has 1 atom stereocenters. The molecule has 0 spiro atoms. The number of ether oxygens (including phenoxy) is 2. The van der Waals surface area contributed by atoms with Crippen LogP contribution in [0.4, 0.5) is 5.69 Å². The molecule has 1 amide bonds. The Balaban J connectivity index is 0.00000220. The Labute approximate surface area is 131 Å². The number of methoxy groups -OCH3 is 2. The molecule has 0 radical (unpaired) electrons.